The Hall–Kier alpha value is -2.11. The highest BCUT2D eigenvalue weighted by Crippen LogP contribution is 2.16. The Morgan fingerprint density at radius 1 is 1.23 bits per heavy atom. The average Bonchev–Trinajstić information content (AvgIpc) is 2.54. The molecule has 0 aliphatic rings. The molecular weight excluding hydrogens is 287 g/mol. The summed E-state index contributed by atoms with van der Waals surface area (Å²) in [6.07, 6.45) is 4.83. The highest BCUT2D eigenvalue weighted by Gasteiger charge is 2.04. The van der Waals surface area contributed by atoms with Gasteiger partial charge in [-0.2, -0.15) is 0 Å². The summed E-state index contributed by atoms with van der Waals surface area (Å²) >= 11 is 0. The van der Waals surface area contributed by atoms with Crippen molar-refractivity contribution in [1.82, 2.24) is 4.90 Å². The van der Waals surface area contributed by atoms with Gasteiger partial charge in [-0.15, -0.1) is 0 Å². The van der Waals surface area contributed by atoms with E-state index in [1.807, 2.05) is 6.92 Å². The van der Waals surface area contributed by atoms with Crippen molar-refractivity contribution >= 4 is 18.0 Å². The van der Waals surface area contributed by atoms with Crippen LogP contribution < -0.4 is 10.3 Å². The topological polar surface area (TPSA) is 58.6 Å². The summed E-state index contributed by atoms with van der Waals surface area (Å²) in [7, 11) is 0. The number of unbranched alkanes of at least 4 members (excludes halogenated alkanes) is 2. The Balaban J connectivity index is 2.16. The maximum Gasteiger partial charge on any atom is 0.224 e. The number of nitrogens with one attached hydrogen (secondary N) is 1. The minimum absolute atomic E-state index is 0.0743. The first kappa shape index (κ1) is 17.9. The third-order valence-corrected chi connectivity index (χ3v) is 3.24. The smallest absolute Gasteiger partial charge is 0.224 e. The van der Waals surface area contributed by atoms with Gasteiger partial charge >= 0.3 is 0 Å². The molecule has 0 saturated carbocycles. The monoisotopic (exact) mass is 310 g/mol. The second-order valence-corrected chi connectivity index (χ2v) is 5.10. The molecule has 0 aromatic heterocycles. The number of carbonyl (C=O) groups is 2. The number of halogens is 1. The number of amides is 2. The van der Waals surface area contributed by atoms with Crippen molar-refractivity contribution in [2.75, 3.05) is 18.4 Å². The second kappa shape index (κ2) is 10.6. The van der Waals surface area contributed by atoms with Gasteiger partial charge in [0, 0.05) is 29.7 Å². The highest BCUT2D eigenvalue weighted by atomic mass is 19.3. The van der Waals surface area contributed by atoms with E-state index in [4.69, 9.17) is 0 Å². The van der Waals surface area contributed by atoms with Gasteiger partial charge in [-0.1, -0.05) is 13.3 Å². The van der Waals surface area contributed by atoms with Gasteiger partial charge in [-0.25, -0.2) is 0 Å². The number of benzene rings is 1. The van der Waals surface area contributed by atoms with Gasteiger partial charge in [0.05, 0.1) is 0 Å². The molecule has 1 aromatic carbocycles. The van der Waals surface area contributed by atoms with E-state index in [0.717, 1.165) is 45.2 Å². The van der Waals surface area contributed by atoms with Crippen molar-refractivity contribution in [3.8, 4) is 5.75 Å². The lowest BCUT2D eigenvalue weighted by Crippen LogP contribution is -2.23. The molecule has 0 saturated heterocycles. The molecule has 1 aromatic rings. The van der Waals surface area contributed by atoms with Gasteiger partial charge in [0.15, 0.2) is 5.75 Å². The fourth-order valence-corrected chi connectivity index (χ4v) is 2.09. The Morgan fingerprint density at radius 2 is 1.95 bits per heavy atom. The van der Waals surface area contributed by atoms with Crippen LogP contribution in [0.4, 0.5) is 10.2 Å². The first-order valence-electron chi connectivity index (χ1n) is 7.57. The maximum atomic E-state index is 11.9. The first-order chi connectivity index (χ1) is 10.7. The van der Waals surface area contributed by atoms with Crippen LogP contribution in [0.25, 0.3) is 0 Å². The van der Waals surface area contributed by atoms with Crippen LogP contribution in [-0.2, 0) is 9.59 Å². The van der Waals surface area contributed by atoms with Crippen molar-refractivity contribution in [2.45, 2.75) is 39.0 Å². The third-order valence-electron chi connectivity index (χ3n) is 3.24. The average molecular weight is 310 g/mol. The predicted molar refractivity (Wildman–Crippen MR) is 83.2 cm³/mol. The van der Waals surface area contributed by atoms with Crippen LogP contribution in [0.15, 0.2) is 24.3 Å². The van der Waals surface area contributed by atoms with Gasteiger partial charge < -0.3 is 10.2 Å². The predicted octanol–water partition coefficient (Wildman–Crippen LogP) is 3.32. The molecule has 1 rings (SSSR count). The quantitative estimate of drug-likeness (QED) is 0.504. The molecule has 0 atom stereocenters. The van der Waals surface area contributed by atoms with Crippen LogP contribution in [0.1, 0.15) is 39.0 Å². The molecule has 0 aliphatic carbocycles. The van der Waals surface area contributed by atoms with Gasteiger partial charge in [0.25, 0.3) is 0 Å². The molecule has 122 valence electrons. The van der Waals surface area contributed by atoms with Crippen molar-refractivity contribution in [3.05, 3.63) is 24.3 Å². The van der Waals surface area contributed by atoms with Crippen LogP contribution in [0.2, 0.25) is 0 Å². The van der Waals surface area contributed by atoms with Crippen LogP contribution in [0, 0.1) is 0 Å². The maximum absolute atomic E-state index is 11.9. The number of hydrogen-bond donors (Lipinski definition) is 1. The third kappa shape index (κ3) is 7.06. The molecule has 0 unspecified atom stereocenters. The van der Waals surface area contributed by atoms with E-state index >= 15 is 0 Å². The van der Waals surface area contributed by atoms with Crippen molar-refractivity contribution in [2.24, 2.45) is 0 Å². The zero-order valence-electron chi connectivity index (χ0n) is 12.9. The summed E-state index contributed by atoms with van der Waals surface area (Å²) in [6.45, 7) is 3.55. The van der Waals surface area contributed by atoms with Crippen LogP contribution >= 0.6 is 0 Å². The van der Waals surface area contributed by atoms with E-state index in [0.29, 0.717) is 12.1 Å². The van der Waals surface area contributed by atoms with E-state index in [9.17, 15) is 14.1 Å². The number of carbonyl (C=O) groups excluding carboxylic acids is 2. The molecule has 1 N–H and O–H groups in total. The fourth-order valence-electron chi connectivity index (χ4n) is 2.09. The van der Waals surface area contributed by atoms with Crippen LogP contribution in [-0.4, -0.2) is 30.3 Å². The number of hydrogen-bond acceptors (Lipinski definition) is 3. The van der Waals surface area contributed by atoms with Crippen molar-refractivity contribution in [3.63, 3.8) is 0 Å². The Labute approximate surface area is 130 Å². The molecule has 0 fully saturated rings. The molecule has 6 heteroatoms. The van der Waals surface area contributed by atoms with Gasteiger partial charge in [-0.05, 0) is 43.5 Å². The second-order valence-electron chi connectivity index (χ2n) is 5.10. The van der Waals surface area contributed by atoms with Crippen molar-refractivity contribution in [1.29, 1.82) is 0 Å². The number of anilines is 1. The molecule has 0 heterocycles. The molecule has 0 bridgehead atoms. The summed E-state index contributed by atoms with van der Waals surface area (Å²) in [5.41, 5.74) is 0.612. The largest absolute Gasteiger partial charge is 0.345 e. The summed E-state index contributed by atoms with van der Waals surface area (Å²) in [6, 6.07) is 6.05. The molecular formula is C16H23FN2O3. The van der Waals surface area contributed by atoms with Gasteiger partial charge in [-0.3, -0.25) is 14.5 Å². The lowest BCUT2D eigenvalue weighted by atomic mass is 10.1. The first-order valence-corrected chi connectivity index (χ1v) is 7.57. The Kier molecular flexibility index (Phi) is 8.64. The summed E-state index contributed by atoms with van der Waals surface area (Å²) < 4.78 is 11.9. The Morgan fingerprint density at radius 3 is 2.55 bits per heavy atom. The highest BCUT2D eigenvalue weighted by molar-refractivity contribution is 5.90. The summed E-state index contributed by atoms with van der Waals surface area (Å²) in [5, 5.41) is 2.74. The van der Waals surface area contributed by atoms with Gasteiger partial charge in [0.1, 0.15) is 0 Å². The molecule has 0 radical (unpaired) electrons. The van der Waals surface area contributed by atoms with E-state index in [1.54, 1.807) is 17.0 Å². The summed E-state index contributed by atoms with van der Waals surface area (Å²) in [5.74, 6) is 0.0273. The van der Waals surface area contributed by atoms with Gasteiger partial charge in [0.2, 0.25) is 12.3 Å². The van der Waals surface area contributed by atoms with Crippen LogP contribution in [0.3, 0.4) is 0 Å². The standard InChI is InChI=1S/C16H23FN2O3/c1-2-11-19(13-20)12-5-3-4-6-16(21)18-14-7-9-15(22-17)10-8-14/h7-10,13H,2-6,11-12H2,1H3,(H,18,21). The van der Waals surface area contributed by atoms with Crippen LogP contribution in [0.5, 0.6) is 5.75 Å². The lowest BCUT2D eigenvalue weighted by molar-refractivity contribution is -0.118. The summed E-state index contributed by atoms with van der Waals surface area (Å²) in [4.78, 5) is 27.8. The fraction of sp³-hybridized carbons (Fsp3) is 0.500. The molecule has 22 heavy (non-hydrogen) atoms. The Bertz CT molecular complexity index is 451. The minimum atomic E-state index is -0.0743. The van der Waals surface area contributed by atoms with E-state index in [2.05, 4.69) is 10.3 Å². The molecule has 5 nitrogen and oxygen atoms in total. The normalized spacial score (nSPS) is 10.1. The van der Waals surface area contributed by atoms with E-state index < -0.39 is 0 Å². The zero-order chi connectivity index (χ0) is 16.2. The SMILES string of the molecule is CCCN(C=O)CCCCCC(=O)Nc1ccc(OF)cc1. The van der Waals surface area contributed by atoms with E-state index in [-0.39, 0.29) is 11.7 Å². The van der Waals surface area contributed by atoms with Crippen molar-refractivity contribution < 1.29 is 19.1 Å². The molecule has 0 aliphatic heterocycles. The zero-order valence-corrected chi connectivity index (χ0v) is 12.9. The number of rotatable bonds is 11. The number of nitrogens with zero attached hydrogens (tertiary/aromatic N) is 1. The minimum Gasteiger partial charge on any atom is -0.345 e. The lowest BCUT2D eigenvalue weighted by Gasteiger charge is -2.15. The van der Waals surface area contributed by atoms with E-state index in [1.165, 1.54) is 12.1 Å². The molecule has 0 spiro atoms. The molecule has 2 amide bonds.